The molecule has 2 aromatic rings. The quantitative estimate of drug-likeness (QED) is 0.429. The first kappa shape index (κ1) is 27.5. The van der Waals surface area contributed by atoms with Gasteiger partial charge in [0.05, 0.1) is 11.2 Å². The molecule has 1 unspecified atom stereocenters. The Morgan fingerprint density at radius 1 is 1.24 bits per heavy atom. The lowest BCUT2D eigenvalue weighted by atomic mass is 9.81. The minimum Gasteiger partial charge on any atom is -0.508 e. The van der Waals surface area contributed by atoms with Crippen molar-refractivity contribution < 1.29 is 14.6 Å². The number of aromatic nitrogens is 2. The normalized spacial score (nSPS) is 26.1. The van der Waals surface area contributed by atoms with Crippen LogP contribution >= 0.6 is 0 Å². The summed E-state index contributed by atoms with van der Waals surface area (Å²) in [6.07, 6.45) is 6.03. The first-order valence-corrected chi connectivity index (χ1v) is 14.6. The van der Waals surface area contributed by atoms with Gasteiger partial charge in [-0.3, -0.25) is 9.69 Å². The van der Waals surface area contributed by atoms with Crippen LogP contribution in [0.3, 0.4) is 0 Å². The maximum Gasteiger partial charge on any atom is 0.318 e. The zero-order valence-corrected chi connectivity index (χ0v) is 24.1. The largest absolute Gasteiger partial charge is 0.508 e. The van der Waals surface area contributed by atoms with Crippen molar-refractivity contribution in [1.29, 1.82) is 0 Å². The number of likely N-dealkylation sites (N-methyl/N-ethyl adjacent to an activating group) is 2. The number of phenolic OH excluding ortho intramolecular Hbond substituents is 1. The number of phenols is 1. The van der Waals surface area contributed by atoms with Crippen molar-refractivity contribution in [2.24, 2.45) is 0 Å². The number of piperazine rings is 1. The summed E-state index contributed by atoms with van der Waals surface area (Å²) in [6, 6.07) is 6.34. The molecule has 1 aromatic carbocycles. The number of aromatic hydroxyl groups is 1. The van der Waals surface area contributed by atoms with E-state index in [2.05, 4.69) is 46.3 Å². The van der Waals surface area contributed by atoms with Gasteiger partial charge in [0.1, 0.15) is 24.2 Å². The van der Waals surface area contributed by atoms with Gasteiger partial charge in [-0.15, -0.1) is 0 Å². The maximum absolute atomic E-state index is 12.5. The molecule has 1 aliphatic carbocycles. The third-order valence-electron chi connectivity index (χ3n) is 9.70. The number of carbonyl (C=O) groups excluding carboxylic acids is 1. The molecule has 1 amide bonds. The third-order valence-corrected chi connectivity index (χ3v) is 9.70. The van der Waals surface area contributed by atoms with E-state index in [0.29, 0.717) is 57.0 Å². The molecule has 4 aliphatic rings. The number of benzene rings is 1. The second-order valence-corrected chi connectivity index (χ2v) is 11.9. The molecule has 0 radical (unpaired) electrons. The minimum atomic E-state index is -0.253. The lowest BCUT2D eigenvalue weighted by Gasteiger charge is -2.46. The summed E-state index contributed by atoms with van der Waals surface area (Å²) in [4.78, 5) is 34.9. The molecule has 0 bridgehead atoms. The number of hydrogen-bond acceptors (Lipinski definition) is 8. The molecule has 10 nitrogen and oxygen atoms in total. The fourth-order valence-electron chi connectivity index (χ4n) is 7.33. The molecule has 2 fully saturated rings. The first-order valence-electron chi connectivity index (χ1n) is 14.6. The first-order chi connectivity index (χ1) is 19.8. The van der Waals surface area contributed by atoms with Gasteiger partial charge >= 0.3 is 6.01 Å². The SMILES string of the molecule is [C-]#[N+]C[C@H]1CN(c2nc(OC[C@@H]3CCCN3C)nc3c2CN(C)C2(CCc4c(O)cccc42)C3)CCN1C(=O)C=C. The van der Waals surface area contributed by atoms with E-state index in [9.17, 15) is 9.90 Å². The second kappa shape index (κ2) is 11.0. The Bertz CT molecular complexity index is 1390. The van der Waals surface area contributed by atoms with Gasteiger partial charge < -0.3 is 29.4 Å². The monoisotopic (exact) mass is 557 g/mol. The number of anilines is 1. The average molecular weight is 558 g/mol. The molecule has 3 aliphatic heterocycles. The van der Waals surface area contributed by atoms with Crippen LogP contribution in [0, 0.1) is 6.57 Å². The Morgan fingerprint density at radius 2 is 2.10 bits per heavy atom. The Morgan fingerprint density at radius 3 is 2.85 bits per heavy atom. The highest BCUT2D eigenvalue weighted by Gasteiger charge is 2.47. The van der Waals surface area contributed by atoms with Crippen LogP contribution in [0.15, 0.2) is 30.9 Å². The lowest BCUT2D eigenvalue weighted by molar-refractivity contribution is -0.128. The molecule has 41 heavy (non-hydrogen) atoms. The van der Waals surface area contributed by atoms with Crippen molar-refractivity contribution in [3.8, 4) is 11.8 Å². The van der Waals surface area contributed by atoms with Crippen LogP contribution in [0.2, 0.25) is 0 Å². The van der Waals surface area contributed by atoms with Crippen molar-refractivity contribution in [2.45, 2.75) is 56.3 Å². The van der Waals surface area contributed by atoms with E-state index < -0.39 is 0 Å². The van der Waals surface area contributed by atoms with E-state index >= 15 is 0 Å². The average Bonchev–Trinajstić information content (AvgIpc) is 3.56. The fourth-order valence-corrected chi connectivity index (χ4v) is 7.33. The van der Waals surface area contributed by atoms with Gasteiger partial charge in [0.15, 0.2) is 0 Å². The highest BCUT2D eigenvalue weighted by atomic mass is 16.5. The Balaban J connectivity index is 1.37. The predicted molar refractivity (Wildman–Crippen MR) is 156 cm³/mol. The molecular formula is C31H39N7O3. The number of likely N-dealkylation sites (tertiary alicyclic amines) is 1. The number of carbonyl (C=O) groups is 1. The van der Waals surface area contributed by atoms with E-state index in [0.717, 1.165) is 54.9 Å². The van der Waals surface area contributed by atoms with Crippen LogP contribution in [0.25, 0.3) is 4.85 Å². The summed E-state index contributed by atoms with van der Waals surface area (Å²) >= 11 is 0. The van der Waals surface area contributed by atoms with E-state index in [4.69, 9.17) is 21.3 Å². The van der Waals surface area contributed by atoms with Crippen LogP contribution in [-0.4, -0.2) is 101 Å². The molecule has 1 aromatic heterocycles. The molecule has 2 saturated heterocycles. The number of fused-ring (bicyclic) bond motifs is 3. The van der Waals surface area contributed by atoms with Gasteiger partial charge in [-0.2, -0.15) is 9.97 Å². The molecular weight excluding hydrogens is 518 g/mol. The third kappa shape index (κ3) is 4.81. The van der Waals surface area contributed by atoms with Crippen molar-refractivity contribution >= 4 is 11.7 Å². The van der Waals surface area contributed by atoms with Crippen molar-refractivity contribution in [2.75, 3.05) is 58.3 Å². The molecule has 0 saturated carbocycles. The topological polar surface area (TPSA) is 89.6 Å². The summed E-state index contributed by atoms with van der Waals surface area (Å²) in [7, 11) is 4.28. The maximum atomic E-state index is 12.5. The van der Waals surface area contributed by atoms with E-state index in [1.54, 1.807) is 11.0 Å². The highest BCUT2D eigenvalue weighted by molar-refractivity contribution is 5.87. The van der Waals surface area contributed by atoms with Crippen molar-refractivity contribution in [1.82, 2.24) is 24.7 Å². The van der Waals surface area contributed by atoms with Crippen molar-refractivity contribution in [3.05, 3.63) is 64.7 Å². The Hall–Kier alpha value is -3.68. The molecule has 10 heteroatoms. The van der Waals surface area contributed by atoms with Crippen LogP contribution in [0.4, 0.5) is 5.82 Å². The summed E-state index contributed by atoms with van der Waals surface area (Å²) < 4.78 is 6.31. The number of hydrogen-bond donors (Lipinski definition) is 1. The van der Waals surface area contributed by atoms with Crippen LogP contribution < -0.4 is 9.64 Å². The minimum absolute atomic E-state index is 0.141. The standard InChI is InChI=1S/C31H39N7O3/c1-5-28(40)38-15-14-37(18-22(38)17-32-2)29-24-19-36(4)31(12-11-23-25(31)9-6-10-27(23)39)16-26(24)33-30(34-29)41-20-21-8-7-13-35(21)3/h5-6,9-10,21-22,39H,1,7-8,11-20H2,3-4H3/t21-,22-,31?/m0/s1. The molecule has 1 spiro atoms. The second-order valence-electron chi connectivity index (χ2n) is 11.9. The van der Waals surface area contributed by atoms with Gasteiger partial charge in [0.25, 0.3) is 0 Å². The van der Waals surface area contributed by atoms with Crippen molar-refractivity contribution in [3.63, 3.8) is 0 Å². The molecule has 3 atom stereocenters. The summed E-state index contributed by atoms with van der Waals surface area (Å²) in [5, 5.41) is 10.6. The van der Waals surface area contributed by atoms with E-state index in [1.165, 1.54) is 11.6 Å². The molecule has 216 valence electrons. The zero-order valence-electron chi connectivity index (χ0n) is 24.1. The summed E-state index contributed by atoms with van der Waals surface area (Å²) in [6.45, 7) is 15.3. The summed E-state index contributed by atoms with van der Waals surface area (Å²) in [5.74, 6) is 1.06. The van der Waals surface area contributed by atoms with Gasteiger partial charge in [0.2, 0.25) is 12.5 Å². The van der Waals surface area contributed by atoms with E-state index in [1.807, 2.05) is 6.07 Å². The number of nitrogens with zero attached hydrogens (tertiary/aromatic N) is 7. The summed E-state index contributed by atoms with van der Waals surface area (Å²) in [5.41, 5.74) is 4.00. The smallest absolute Gasteiger partial charge is 0.318 e. The number of rotatable bonds is 6. The molecule has 6 rings (SSSR count). The van der Waals surface area contributed by atoms with Gasteiger partial charge in [-0.05, 0) is 69.6 Å². The predicted octanol–water partition coefficient (Wildman–Crippen LogP) is 2.61. The number of amides is 1. The number of ether oxygens (including phenoxy) is 1. The molecule has 4 heterocycles. The van der Waals surface area contributed by atoms with Crippen LogP contribution in [-0.2, 0) is 29.7 Å². The zero-order chi connectivity index (χ0) is 28.7. The van der Waals surface area contributed by atoms with Crippen LogP contribution in [0.1, 0.15) is 41.6 Å². The Labute approximate surface area is 242 Å². The van der Waals surface area contributed by atoms with Crippen LogP contribution in [0.5, 0.6) is 11.8 Å². The lowest BCUT2D eigenvalue weighted by Crippen LogP contribution is -2.56. The highest BCUT2D eigenvalue weighted by Crippen LogP contribution is 2.50. The fraction of sp³-hybridized carbons (Fsp3) is 0.548. The van der Waals surface area contributed by atoms with E-state index in [-0.39, 0.29) is 24.0 Å². The van der Waals surface area contributed by atoms with Gasteiger partial charge in [0, 0.05) is 44.2 Å². The Kier molecular flexibility index (Phi) is 7.34. The van der Waals surface area contributed by atoms with Gasteiger partial charge in [-0.1, -0.05) is 18.7 Å². The molecule has 1 N–H and O–H groups in total. The van der Waals surface area contributed by atoms with Gasteiger partial charge in [-0.25, -0.2) is 6.57 Å².